The van der Waals surface area contributed by atoms with E-state index in [1.165, 1.54) is 35.1 Å². The molecule has 1 aliphatic carbocycles. The van der Waals surface area contributed by atoms with Crippen molar-refractivity contribution in [2.75, 3.05) is 0 Å². The lowest BCUT2D eigenvalue weighted by Crippen LogP contribution is -2.15. The second kappa shape index (κ2) is 5.54. The summed E-state index contributed by atoms with van der Waals surface area (Å²) in [6.07, 6.45) is 7.64. The Morgan fingerprint density at radius 2 is 1.84 bits per heavy atom. The Hall–Kier alpha value is -1.67. The van der Waals surface area contributed by atoms with Crippen LogP contribution in [0, 0.1) is 0 Å². The summed E-state index contributed by atoms with van der Waals surface area (Å²) in [4.78, 5) is 4.36. The fourth-order valence-corrected chi connectivity index (χ4v) is 2.22. The molecule has 1 aliphatic rings. The van der Waals surface area contributed by atoms with Crippen molar-refractivity contribution < 1.29 is 0 Å². The summed E-state index contributed by atoms with van der Waals surface area (Å²) in [6, 6.07) is 11.8. The van der Waals surface area contributed by atoms with Crippen LogP contribution in [0.3, 0.4) is 0 Å². The number of pyridine rings is 1. The zero-order valence-electron chi connectivity index (χ0n) is 11.4. The van der Waals surface area contributed by atoms with Crippen LogP contribution < -0.4 is 5.32 Å². The quantitative estimate of drug-likeness (QED) is 0.880. The smallest absolute Gasteiger partial charge is 0.0346 e. The maximum absolute atomic E-state index is 4.36. The molecule has 2 nitrogen and oxygen atoms in total. The van der Waals surface area contributed by atoms with Gasteiger partial charge in [-0.05, 0) is 42.0 Å². The fraction of sp³-hybridized carbons (Fsp3) is 0.353. The van der Waals surface area contributed by atoms with Gasteiger partial charge in [-0.1, -0.05) is 31.2 Å². The van der Waals surface area contributed by atoms with Gasteiger partial charge in [0.05, 0.1) is 0 Å². The number of rotatable bonds is 5. The molecule has 1 aromatic heterocycles. The minimum absolute atomic E-state index is 0.743. The second-order valence-corrected chi connectivity index (χ2v) is 5.29. The maximum atomic E-state index is 4.36. The molecule has 2 aromatic rings. The van der Waals surface area contributed by atoms with Gasteiger partial charge in [0, 0.05) is 30.5 Å². The third kappa shape index (κ3) is 3.21. The Morgan fingerprint density at radius 3 is 2.53 bits per heavy atom. The number of hydrogen-bond acceptors (Lipinski definition) is 2. The summed E-state index contributed by atoms with van der Waals surface area (Å²) in [5.41, 5.74) is 5.10. The third-order valence-corrected chi connectivity index (χ3v) is 3.66. The Labute approximate surface area is 114 Å². The Kier molecular flexibility index (Phi) is 3.60. The molecule has 19 heavy (non-hydrogen) atoms. The topological polar surface area (TPSA) is 24.9 Å². The highest BCUT2D eigenvalue weighted by Crippen LogP contribution is 2.22. The van der Waals surface area contributed by atoms with Gasteiger partial charge in [-0.2, -0.15) is 0 Å². The zero-order valence-corrected chi connectivity index (χ0v) is 11.4. The van der Waals surface area contributed by atoms with Gasteiger partial charge in [-0.25, -0.2) is 0 Å². The SMILES string of the molecule is CCc1ccc(-c2cncc(CNC3CC3)c2)cc1. The van der Waals surface area contributed by atoms with Crippen LogP contribution in [0.5, 0.6) is 0 Å². The molecule has 0 aliphatic heterocycles. The standard InChI is InChI=1S/C17H20N2/c1-2-13-3-5-15(6-4-13)16-9-14(10-18-12-16)11-19-17-7-8-17/h3-6,9-10,12,17,19H,2,7-8,11H2,1H3. The first-order chi connectivity index (χ1) is 9.35. The van der Waals surface area contributed by atoms with Crippen molar-refractivity contribution in [2.24, 2.45) is 0 Å². The number of nitrogens with one attached hydrogen (secondary N) is 1. The van der Waals surface area contributed by atoms with Crippen LogP contribution in [0.25, 0.3) is 11.1 Å². The molecule has 1 fully saturated rings. The average molecular weight is 252 g/mol. The Bertz CT molecular complexity index is 541. The van der Waals surface area contributed by atoms with E-state index in [0.717, 1.165) is 19.0 Å². The summed E-state index contributed by atoms with van der Waals surface area (Å²) >= 11 is 0. The summed E-state index contributed by atoms with van der Waals surface area (Å²) < 4.78 is 0. The lowest BCUT2D eigenvalue weighted by molar-refractivity contribution is 0.686. The van der Waals surface area contributed by atoms with Crippen LogP contribution in [0.2, 0.25) is 0 Å². The van der Waals surface area contributed by atoms with Crippen LogP contribution in [0.4, 0.5) is 0 Å². The van der Waals surface area contributed by atoms with Crippen molar-refractivity contribution in [1.82, 2.24) is 10.3 Å². The van der Waals surface area contributed by atoms with Crippen molar-refractivity contribution in [3.63, 3.8) is 0 Å². The van der Waals surface area contributed by atoms with E-state index in [1.54, 1.807) is 0 Å². The van der Waals surface area contributed by atoms with E-state index in [4.69, 9.17) is 0 Å². The molecular weight excluding hydrogens is 232 g/mol. The number of hydrogen-bond donors (Lipinski definition) is 1. The summed E-state index contributed by atoms with van der Waals surface area (Å²) in [7, 11) is 0. The van der Waals surface area contributed by atoms with Crippen LogP contribution in [0.15, 0.2) is 42.7 Å². The zero-order chi connectivity index (χ0) is 13.1. The van der Waals surface area contributed by atoms with Gasteiger partial charge in [-0.3, -0.25) is 4.98 Å². The van der Waals surface area contributed by atoms with Crippen molar-refractivity contribution in [3.05, 3.63) is 53.9 Å². The van der Waals surface area contributed by atoms with Crippen LogP contribution in [0.1, 0.15) is 30.9 Å². The molecule has 1 saturated carbocycles. The second-order valence-electron chi connectivity index (χ2n) is 5.29. The van der Waals surface area contributed by atoms with Crippen molar-refractivity contribution >= 4 is 0 Å². The van der Waals surface area contributed by atoms with Crippen molar-refractivity contribution in [3.8, 4) is 11.1 Å². The van der Waals surface area contributed by atoms with E-state index in [-0.39, 0.29) is 0 Å². The van der Waals surface area contributed by atoms with E-state index in [2.05, 4.69) is 47.6 Å². The average Bonchev–Trinajstić information content (AvgIpc) is 3.30. The first-order valence-corrected chi connectivity index (χ1v) is 7.12. The number of aromatic nitrogens is 1. The van der Waals surface area contributed by atoms with Gasteiger partial charge in [0.25, 0.3) is 0 Å². The molecule has 1 heterocycles. The summed E-state index contributed by atoms with van der Waals surface area (Å²) in [5, 5.41) is 3.53. The minimum atomic E-state index is 0.743. The van der Waals surface area contributed by atoms with E-state index >= 15 is 0 Å². The molecular formula is C17H20N2. The lowest BCUT2D eigenvalue weighted by Gasteiger charge is -2.06. The largest absolute Gasteiger partial charge is 0.310 e. The highest BCUT2D eigenvalue weighted by molar-refractivity contribution is 5.63. The van der Waals surface area contributed by atoms with E-state index in [0.29, 0.717) is 0 Å². The molecule has 0 atom stereocenters. The van der Waals surface area contributed by atoms with Gasteiger partial charge in [0.15, 0.2) is 0 Å². The molecule has 0 amide bonds. The molecule has 1 aromatic carbocycles. The first-order valence-electron chi connectivity index (χ1n) is 7.12. The number of aryl methyl sites for hydroxylation is 1. The predicted octanol–water partition coefficient (Wildman–Crippen LogP) is 3.56. The molecule has 0 unspecified atom stereocenters. The monoisotopic (exact) mass is 252 g/mol. The summed E-state index contributed by atoms with van der Waals surface area (Å²) in [6.45, 7) is 3.11. The Balaban J connectivity index is 1.76. The third-order valence-electron chi connectivity index (χ3n) is 3.66. The highest BCUT2D eigenvalue weighted by atomic mass is 14.9. The van der Waals surface area contributed by atoms with E-state index in [1.807, 2.05) is 12.4 Å². The molecule has 0 radical (unpaired) electrons. The number of nitrogens with zero attached hydrogens (tertiary/aromatic N) is 1. The first kappa shape index (κ1) is 12.4. The minimum Gasteiger partial charge on any atom is -0.310 e. The maximum Gasteiger partial charge on any atom is 0.0346 e. The normalized spacial score (nSPS) is 14.6. The van der Waals surface area contributed by atoms with E-state index < -0.39 is 0 Å². The fourth-order valence-electron chi connectivity index (χ4n) is 2.22. The molecule has 0 spiro atoms. The molecule has 1 N–H and O–H groups in total. The molecule has 98 valence electrons. The van der Waals surface area contributed by atoms with Crippen LogP contribution >= 0.6 is 0 Å². The van der Waals surface area contributed by atoms with Gasteiger partial charge < -0.3 is 5.32 Å². The molecule has 2 heteroatoms. The van der Waals surface area contributed by atoms with Gasteiger partial charge >= 0.3 is 0 Å². The van der Waals surface area contributed by atoms with Gasteiger partial charge in [0.1, 0.15) is 0 Å². The van der Waals surface area contributed by atoms with Crippen molar-refractivity contribution in [1.29, 1.82) is 0 Å². The Morgan fingerprint density at radius 1 is 1.05 bits per heavy atom. The van der Waals surface area contributed by atoms with Crippen molar-refractivity contribution in [2.45, 2.75) is 38.8 Å². The molecule has 0 bridgehead atoms. The molecule has 3 rings (SSSR count). The van der Waals surface area contributed by atoms with Crippen LogP contribution in [-0.2, 0) is 13.0 Å². The lowest BCUT2D eigenvalue weighted by atomic mass is 10.0. The highest BCUT2D eigenvalue weighted by Gasteiger charge is 2.19. The summed E-state index contributed by atoms with van der Waals surface area (Å²) in [5.74, 6) is 0. The predicted molar refractivity (Wildman–Crippen MR) is 78.9 cm³/mol. The van der Waals surface area contributed by atoms with Gasteiger partial charge in [-0.15, -0.1) is 0 Å². The number of benzene rings is 1. The van der Waals surface area contributed by atoms with Crippen LogP contribution in [-0.4, -0.2) is 11.0 Å². The van der Waals surface area contributed by atoms with E-state index in [9.17, 15) is 0 Å². The molecule has 0 saturated heterocycles. The van der Waals surface area contributed by atoms with Gasteiger partial charge in [0.2, 0.25) is 0 Å².